The van der Waals surface area contributed by atoms with Gasteiger partial charge in [0.2, 0.25) is 0 Å². The first-order chi connectivity index (χ1) is 9.83. The highest BCUT2D eigenvalue weighted by atomic mass is 32.1. The van der Waals surface area contributed by atoms with Crippen molar-refractivity contribution in [3.8, 4) is 16.2 Å². The van der Waals surface area contributed by atoms with Gasteiger partial charge in [-0.2, -0.15) is 0 Å². The van der Waals surface area contributed by atoms with Crippen LogP contribution < -0.4 is 10.1 Å². The lowest BCUT2D eigenvalue weighted by molar-refractivity contribution is 0.417. The number of methoxy groups -OCH3 is 1. The molecular weight excluding hydrogens is 268 g/mol. The van der Waals surface area contributed by atoms with Crippen molar-refractivity contribution in [3.05, 3.63) is 42.6 Å². The summed E-state index contributed by atoms with van der Waals surface area (Å²) in [6.07, 6.45) is 1.91. The molecule has 0 amide bonds. The molecule has 0 fully saturated rings. The average molecular weight is 284 g/mol. The number of nitrogens with one attached hydrogen (secondary N) is 1. The number of anilines is 1. The van der Waals surface area contributed by atoms with Crippen molar-refractivity contribution in [3.63, 3.8) is 0 Å². The van der Waals surface area contributed by atoms with Gasteiger partial charge in [0.15, 0.2) is 5.13 Å². The molecular formula is C16H16N2OS. The van der Waals surface area contributed by atoms with Gasteiger partial charge in [-0.3, -0.25) is 0 Å². The second kappa shape index (κ2) is 5.51. The predicted molar refractivity (Wildman–Crippen MR) is 85.8 cm³/mol. The van der Waals surface area contributed by atoms with Crippen LogP contribution in [0.2, 0.25) is 0 Å². The standard InChI is InChI=1S/C16H16N2OS/c1-3-17-16-18-10-14(20-16)15-12-7-5-4-6-11(12)8-9-13(15)19-2/h4-10H,3H2,1-2H3,(H,17,18). The molecule has 3 nitrogen and oxygen atoms in total. The van der Waals surface area contributed by atoms with Gasteiger partial charge in [-0.25, -0.2) is 4.98 Å². The topological polar surface area (TPSA) is 34.2 Å². The Bertz CT molecular complexity index is 736. The number of fused-ring (bicyclic) bond motifs is 1. The molecule has 0 radical (unpaired) electrons. The highest BCUT2D eigenvalue weighted by Gasteiger charge is 2.13. The van der Waals surface area contributed by atoms with Crippen LogP contribution in [-0.4, -0.2) is 18.6 Å². The molecule has 0 atom stereocenters. The van der Waals surface area contributed by atoms with E-state index >= 15 is 0 Å². The molecule has 0 saturated carbocycles. The van der Waals surface area contributed by atoms with E-state index in [-0.39, 0.29) is 0 Å². The van der Waals surface area contributed by atoms with Gasteiger partial charge >= 0.3 is 0 Å². The van der Waals surface area contributed by atoms with Gasteiger partial charge in [-0.15, -0.1) is 0 Å². The molecule has 0 bridgehead atoms. The van der Waals surface area contributed by atoms with E-state index in [4.69, 9.17) is 4.74 Å². The Morgan fingerprint density at radius 1 is 1.20 bits per heavy atom. The monoisotopic (exact) mass is 284 g/mol. The first kappa shape index (κ1) is 12.9. The Kier molecular flexibility index (Phi) is 3.56. The van der Waals surface area contributed by atoms with Crippen molar-refractivity contribution in [1.82, 2.24) is 4.98 Å². The van der Waals surface area contributed by atoms with Crippen LogP contribution in [0.3, 0.4) is 0 Å². The number of nitrogens with zero attached hydrogens (tertiary/aromatic N) is 1. The Labute approximate surface area is 122 Å². The lowest BCUT2D eigenvalue weighted by Gasteiger charge is -2.10. The highest BCUT2D eigenvalue weighted by Crippen LogP contribution is 2.40. The van der Waals surface area contributed by atoms with Crippen molar-refractivity contribution < 1.29 is 4.74 Å². The third-order valence-electron chi connectivity index (χ3n) is 3.19. The molecule has 0 spiro atoms. The number of ether oxygens (including phenoxy) is 1. The zero-order chi connectivity index (χ0) is 13.9. The molecule has 20 heavy (non-hydrogen) atoms. The van der Waals surface area contributed by atoms with E-state index in [0.717, 1.165) is 27.9 Å². The summed E-state index contributed by atoms with van der Waals surface area (Å²) in [6, 6.07) is 12.4. The molecule has 0 saturated heterocycles. The highest BCUT2D eigenvalue weighted by molar-refractivity contribution is 7.19. The van der Waals surface area contributed by atoms with Crippen molar-refractivity contribution >= 4 is 27.2 Å². The van der Waals surface area contributed by atoms with Gasteiger partial charge in [0.1, 0.15) is 5.75 Å². The van der Waals surface area contributed by atoms with Crippen molar-refractivity contribution in [1.29, 1.82) is 0 Å². The summed E-state index contributed by atoms with van der Waals surface area (Å²) in [7, 11) is 1.71. The van der Waals surface area contributed by atoms with Crippen molar-refractivity contribution in [2.24, 2.45) is 0 Å². The fourth-order valence-corrected chi connectivity index (χ4v) is 3.25. The largest absolute Gasteiger partial charge is 0.496 e. The molecule has 0 unspecified atom stereocenters. The molecule has 4 heteroatoms. The second-order valence-corrected chi connectivity index (χ2v) is 5.45. The summed E-state index contributed by atoms with van der Waals surface area (Å²) in [5.41, 5.74) is 1.12. The lowest BCUT2D eigenvalue weighted by Crippen LogP contribution is -1.94. The van der Waals surface area contributed by atoms with E-state index in [1.54, 1.807) is 18.4 Å². The van der Waals surface area contributed by atoms with E-state index in [1.807, 2.05) is 12.3 Å². The Balaban J connectivity index is 2.21. The minimum absolute atomic E-state index is 0.875. The fraction of sp³-hybridized carbons (Fsp3) is 0.188. The predicted octanol–water partition coefficient (Wildman–Crippen LogP) is 4.40. The van der Waals surface area contributed by atoms with E-state index in [9.17, 15) is 0 Å². The zero-order valence-corrected chi connectivity index (χ0v) is 12.3. The van der Waals surface area contributed by atoms with Crippen LogP contribution in [0, 0.1) is 0 Å². The summed E-state index contributed by atoms with van der Waals surface area (Å²) in [6.45, 7) is 2.94. The van der Waals surface area contributed by atoms with Gasteiger partial charge < -0.3 is 10.1 Å². The number of hydrogen-bond donors (Lipinski definition) is 1. The summed E-state index contributed by atoms with van der Waals surface area (Å²) >= 11 is 1.65. The van der Waals surface area contributed by atoms with Crippen LogP contribution in [0.5, 0.6) is 5.75 Å². The van der Waals surface area contributed by atoms with E-state index in [1.165, 1.54) is 10.8 Å². The van der Waals surface area contributed by atoms with E-state index < -0.39 is 0 Å². The summed E-state index contributed by atoms with van der Waals surface area (Å²) < 4.78 is 5.54. The molecule has 3 rings (SSSR count). The maximum Gasteiger partial charge on any atom is 0.183 e. The van der Waals surface area contributed by atoms with E-state index in [0.29, 0.717) is 0 Å². The maximum atomic E-state index is 5.54. The van der Waals surface area contributed by atoms with Crippen molar-refractivity contribution in [2.75, 3.05) is 19.0 Å². The summed E-state index contributed by atoms with van der Waals surface area (Å²) in [5, 5.41) is 6.59. The minimum atomic E-state index is 0.875. The molecule has 0 aliphatic rings. The molecule has 1 N–H and O–H groups in total. The number of hydrogen-bond acceptors (Lipinski definition) is 4. The third-order valence-corrected chi connectivity index (χ3v) is 4.16. The molecule has 2 aromatic carbocycles. The Morgan fingerprint density at radius 2 is 2.05 bits per heavy atom. The van der Waals surface area contributed by atoms with Gasteiger partial charge in [0, 0.05) is 18.3 Å². The van der Waals surface area contributed by atoms with Crippen LogP contribution in [-0.2, 0) is 0 Å². The molecule has 102 valence electrons. The molecule has 0 aliphatic heterocycles. The SMILES string of the molecule is CCNc1ncc(-c2c(OC)ccc3ccccc23)s1. The molecule has 1 heterocycles. The van der Waals surface area contributed by atoms with Gasteiger partial charge in [-0.05, 0) is 23.8 Å². The second-order valence-electron chi connectivity index (χ2n) is 4.42. The Morgan fingerprint density at radius 3 is 2.85 bits per heavy atom. The number of thiazole rings is 1. The van der Waals surface area contributed by atoms with Crippen LogP contribution in [0.25, 0.3) is 21.2 Å². The maximum absolute atomic E-state index is 5.54. The first-order valence-electron chi connectivity index (χ1n) is 6.59. The third kappa shape index (κ3) is 2.23. The van der Waals surface area contributed by atoms with Crippen LogP contribution >= 0.6 is 11.3 Å². The first-order valence-corrected chi connectivity index (χ1v) is 7.41. The fourth-order valence-electron chi connectivity index (χ4n) is 2.30. The molecule has 0 aliphatic carbocycles. The Hall–Kier alpha value is -2.07. The quantitative estimate of drug-likeness (QED) is 0.771. The number of aromatic nitrogens is 1. The van der Waals surface area contributed by atoms with Gasteiger partial charge in [-0.1, -0.05) is 41.7 Å². The molecule has 1 aromatic heterocycles. The zero-order valence-electron chi connectivity index (χ0n) is 11.5. The smallest absolute Gasteiger partial charge is 0.183 e. The normalized spacial score (nSPS) is 10.7. The molecule has 3 aromatic rings. The summed E-state index contributed by atoms with van der Waals surface area (Å²) in [4.78, 5) is 5.54. The summed E-state index contributed by atoms with van der Waals surface area (Å²) in [5.74, 6) is 0.885. The number of benzene rings is 2. The minimum Gasteiger partial charge on any atom is -0.496 e. The van der Waals surface area contributed by atoms with Gasteiger partial charge in [0.05, 0.1) is 12.0 Å². The van der Waals surface area contributed by atoms with E-state index in [2.05, 4.69) is 47.6 Å². The van der Waals surface area contributed by atoms with Crippen LogP contribution in [0.1, 0.15) is 6.92 Å². The average Bonchev–Trinajstić information content (AvgIpc) is 2.94. The van der Waals surface area contributed by atoms with Crippen LogP contribution in [0.4, 0.5) is 5.13 Å². The van der Waals surface area contributed by atoms with Crippen molar-refractivity contribution in [2.45, 2.75) is 6.92 Å². The van der Waals surface area contributed by atoms with Gasteiger partial charge in [0.25, 0.3) is 0 Å². The lowest BCUT2D eigenvalue weighted by atomic mass is 10.0. The van der Waals surface area contributed by atoms with Crippen LogP contribution in [0.15, 0.2) is 42.6 Å². The number of rotatable bonds is 4.